The van der Waals surface area contributed by atoms with E-state index in [4.69, 9.17) is 4.98 Å². The molecule has 1 aliphatic carbocycles. The van der Waals surface area contributed by atoms with E-state index in [0.717, 1.165) is 79.0 Å². The molecule has 1 aromatic heterocycles. The number of carbonyl (C=O) groups excluding carboxylic acids is 1. The zero-order chi connectivity index (χ0) is 24.2. The van der Waals surface area contributed by atoms with E-state index in [2.05, 4.69) is 52.0 Å². The van der Waals surface area contributed by atoms with Gasteiger partial charge in [0, 0.05) is 37.3 Å². The first-order valence-corrected chi connectivity index (χ1v) is 12.8. The number of likely N-dealkylation sites (tertiary alicyclic amines) is 1. The molecule has 0 bridgehead atoms. The standard InChI is InChI=1S/C30H27FN4O/c31-26-9-10-27-28(14-26)35(18-19-11-12-34(17-19)30(36)22-5-6-22)29(33-27)21-3-1-20(2-4-21)23-7-8-24-15-32-16-25(24)13-23/h1-4,7-10,13-14,16,19,22H,5-6,11-12,15,17-18H2/t19-/m1/s1. The molecular weight excluding hydrogens is 451 g/mol. The van der Waals surface area contributed by atoms with Crippen LogP contribution in [0.4, 0.5) is 4.39 Å². The Kier molecular flexibility index (Phi) is 5.01. The molecule has 6 heteroatoms. The number of rotatable bonds is 5. The van der Waals surface area contributed by atoms with E-state index < -0.39 is 0 Å². The summed E-state index contributed by atoms with van der Waals surface area (Å²) < 4.78 is 16.4. The molecule has 2 fully saturated rings. The number of imidazole rings is 1. The summed E-state index contributed by atoms with van der Waals surface area (Å²) in [5.74, 6) is 1.48. The summed E-state index contributed by atoms with van der Waals surface area (Å²) in [4.78, 5) is 23.9. The first-order chi connectivity index (χ1) is 17.6. The molecular formula is C30H27FN4O. The van der Waals surface area contributed by atoms with E-state index in [1.54, 1.807) is 12.1 Å². The van der Waals surface area contributed by atoms with Gasteiger partial charge in [-0.3, -0.25) is 9.79 Å². The van der Waals surface area contributed by atoms with Crippen LogP contribution in [0, 0.1) is 17.7 Å². The van der Waals surface area contributed by atoms with Crippen molar-refractivity contribution in [2.24, 2.45) is 16.8 Å². The van der Waals surface area contributed by atoms with Gasteiger partial charge in [-0.15, -0.1) is 0 Å². The van der Waals surface area contributed by atoms with E-state index in [1.165, 1.54) is 17.2 Å². The maximum Gasteiger partial charge on any atom is 0.225 e. The highest BCUT2D eigenvalue weighted by Gasteiger charge is 2.36. The lowest BCUT2D eigenvalue weighted by atomic mass is 9.99. The Morgan fingerprint density at radius 2 is 1.75 bits per heavy atom. The van der Waals surface area contributed by atoms with Gasteiger partial charge in [0.2, 0.25) is 5.91 Å². The van der Waals surface area contributed by atoms with Gasteiger partial charge in [-0.05, 0) is 71.7 Å². The number of benzene rings is 3. The Bertz CT molecular complexity index is 1520. The van der Waals surface area contributed by atoms with E-state index in [-0.39, 0.29) is 11.7 Å². The molecule has 36 heavy (non-hydrogen) atoms. The number of carbonyl (C=O) groups is 1. The summed E-state index contributed by atoms with van der Waals surface area (Å²) in [6, 6.07) is 19.7. The molecule has 3 aromatic carbocycles. The highest BCUT2D eigenvalue weighted by molar-refractivity contribution is 5.87. The van der Waals surface area contributed by atoms with Gasteiger partial charge in [0.15, 0.2) is 0 Å². The second-order valence-electron chi connectivity index (χ2n) is 10.4. The Morgan fingerprint density at radius 3 is 2.58 bits per heavy atom. The van der Waals surface area contributed by atoms with Crippen molar-refractivity contribution in [1.29, 1.82) is 0 Å². The second-order valence-corrected chi connectivity index (χ2v) is 10.4. The summed E-state index contributed by atoms with van der Waals surface area (Å²) >= 11 is 0. The molecule has 1 amide bonds. The minimum atomic E-state index is -0.261. The van der Waals surface area contributed by atoms with Crippen LogP contribution in [-0.2, 0) is 17.9 Å². The fraction of sp³-hybridized carbons (Fsp3) is 0.300. The van der Waals surface area contributed by atoms with Gasteiger partial charge in [-0.25, -0.2) is 9.37 Å². The quantitative estimate of drug-likeness (QED) is 0.369. The maximum absolute atomic E-state index is 14.2. The predicted molar refractivity (Wildman–Crippen MR) is 139 cm³/mol. The van der Waals surface area contributed by atoms with Crippen molar-refractivity contribution in [2.45, 2.75) is 32.4 Å². The van der Waals surface area contributed by atoms with Crippen LogP contribution in [0.1, 0.15) is 30.4 Å². The molecule has 2 aliphatic heterocycles. The van der Waals surface area contributed by atoms with E-state index in [0.29, 0.717) is 11.8 Å². The first-order valence-electron chi connectivity index (χ1n) is 12.8. The number of amides is 1. The lowest BCUT2D eigenvalue weighted by molar-refractivity contribution is -0.131. The van der Waals surface area contributed by atoms with E-state index in [1.807, 2.05) is 11.1 Å². The highest BCUT2D eigenvalue weighted by atomic mass is 19.1. The molecule has 1 saturated carbocycles. The fourth-order valence-electron chi connectivity index (χ4n) is 5.62. The summed E-state index contributed by atoms with van der Waals surface area (Å²) in [7, 11) is 0. The van der Waals surface area contributed by atoms with Crippen molar-refractivity contribution in [3.05, 3.63) is 77.6 Å². The van der Waals surface area contributed by atoms with Gasteiger partial charge in [-0.1, -0.05) is 36.4 Å². The average Bonchev–Trinajstić information content (AvgIpc) is 3.30. The molecule has 3 aliphatic rings. The molecule has 0 radical (unpaired) electrons. The first kappa shape index (κ1) is 21.5. The lowest BCUT2D eigenvalue weighted by Gasteiger charge is -2.18. The molecule has 4 aromatic rings. The van der Waals surface area contributed by atoms with Crippen LogP contribution in [0.25, 0.3) is 33.5 Å². The normalized spacial score (nSPS) is 18.8. The van der Waals surface area contributed by atoms with Crippen LogP contribution < -0.4 is 0 Å². The molecule has 3 heterocycles. The molecule has 7 rings (SSSR count). The molecule has 180 valence electrons. The number of nitrogens with zero attached hydrogens (tertiary/aromatic N) is 4. The molecule has 1 atom stereocenters. The number of hydrogen-bond donors (Lipinski definition) is 0. The van der Waals surface area contributed by atoms with Gasteiger partial charge >= 0.3 is 0 Å². The Morgan fingerprint density at radius 1 is 0.944 bits per heavy atom. The predicted octanol–water partition coefficient (Wildman–Crippen LogP) is 5.70. The Labute approximate surface area is 209 Å². The molecule has 0 unspecified atom stereocenters. The van der Waals surface area contributed by atoms with Crippen LogP contribution in [-0.4, -0.2) is 39.7 Å². The zero-order valence-corrected chi connectivity index (χ0v) is 20.0. The summed E-state index contributed by atoms with van der Waals surface area (Å²) in [5, 5.41) is 0. The fourth-order valence-corrected chi connectivity index (χ4v) is 5.62. The van der Waals surface area contributed by atoms with Gasteiger partial charge in [0.05, 0.1) is 17.6 Å². The third-order valence-electron chi connectivity index (χ3n) is 7.79. The van der Waals surface area contributed by atoms with Crippen molar-refractivity contribution in [2.75, 3.05) is 13.1 Å². The summed E-state index contributed by atoms with van der Waals surface area (Å²) in [5.41, 5.74) is 7.35. The monoisotopic (exact) mass is 478 g/mol. The third-order valence-corrected chi connectivity index (χ3v) is 7.79. The van der Waals surface area contributed by atoms with E-state index in [9.17, 15) is 9.18 Å². The van der Waals surface area contributed by atoms with Crippen molar-refractivity contribution in [3.63, 3.8) is 0 Å². The van der Waals surface area contributed by atoms with Gasteiger partial charge in [0.25, 0.3) is 0 Å². The minimum absolute atomic E-state index is 0.249. The van der Waals surface area contributed by atoms with Crippen LogP contribution in [0.15, 0.2) is 65.7 Å². The van der Waals surface area contributed by atoms with Crippen LogP contribution in [0.2, 0.25) is 0 Å². The Balaban J connectivity index is 1.20. The smallest absolute Gasteiger partial charge is 0.225 e. The van der Waals surface area contributed by atoms with Crippen LogP contribution in [0.5, 0.6) is 0 Å². The number of aliphatic imine (C=N–C) groups is 1. The molecule has 0 spiro atoms. The van der Waals surface area contributed by atoms with Gasteiger partial charge in [0.1, 0.15) is 11.6 Å². The van der Waals surface area contributed by atoms with Crippen molar-refractivity contribution >= 4 is 23.2 Å². The summed E-state index contributed by atoms with van der Waals surface area (Å²) in [6.45, 7) is 3.06. The Hall–Kier alpha value is -3.80. The number of halogens is 1. The average molecular weight is 479 g/mol. The largest absolute Gasteiger partial charge is 0.342 e. The lowest BCUT2D eigenvalue weighted by Crippen LogP contribution is -2.30. The van der Waals surface area contributed by atoms with Gasteiger partial charge in [-0.2, -0.15) is 0 Å². The van der Waals surface area contributed by atoms with Crippen molar-refractivity contribution in [1.82, 2.24) is 14.5 Å². The minimum Gasteiger partial charge on any atom is -0.342 e. The molecule has 5 nitrogen and oxygen atoms in total. The SMILES string of the molecule is O=C(C1CC1)N1CC[C@@H](Cn2c(-c3ccc(-c4ccc5c(c4)C=NC5)cc3)nc3ccc(F)cc32)C1. The number of hydrogen-bond acceptors (Lipinski definition) is 3. The molecule has 1 saturated heterocycles. The molecule has 0 N–H and O–H groups in total. The number of aromatic nitrogens is 2. The van der Waals surface area contributed by atoms with Crippen LogP contribution in [0.3, 0.4) is 0 Å². The number of fused-ring (bicyclic) bond motifs is 2. The van der Waals surface area contributed by atoms with Crippen molar-refractivity contribution in [3.8, 4) is 22.5 Å². The van der Waals surface area contributed by atoms with Gasteiger partial charge < -0.3 is 9.47 Å². The third kappa shape index (κ3) is 3.81. The van der Waals surface area contributed by atoms with Crippen LogP contribution >= 0.6 is 0 Å². The highest BCUT2D eigenvalue weighted by Crippen LogP contribution is 2.34. The zero-order valence-electron chi connectivity index (χ0n) is 20.0. The topological polar surface area (TPSA) is 50.5 Å². The second kappa shape index (κ2) is 8.40. The van der Waals surface area contributed by atoms with E-state index >= 15 is 0 Å². The van der Waals surface area contributed by atoms with Crippen molar-refractivity contribution < 1.29 is 9.18 Å². The summed E-state index contributed by atoms with van der Waals surface area (Å²) in [6.07, 6.45) is 4.97. The maximum atomic E-state index is 14.2.